The van der Waals surface area contributed by atoms with Crippen molar-refractivity contribution < 1.29 is 0 Å². The van der Waals surface area contributed by atoms with Gasteiger partial charge in [0.05, 0.1) is 5.69 Å². The number of hydrogen-bond donors (Lipinski definition) is 1. The van der Waals surface area contributed by atoms with Gasteiger partial charge in [0.2, 0.25) is 5.95 Å². The maximum atomic E-state index is 4.82. The van der Waals surface area contributed by atoms with Crippen LogP contribution in [0, 0.1) is 0 Å². The summed E-state index contributed by atoms with van der Waals surface area (Å²) in [4.78, 5) is 19.1. The van der Waals surface area contributed by atoms with Gasteiger partial charge in [0.1, 0.15) is 5.69 Å². The molecule has 3 heterocycles. The summed E-state index contributed by atoms with van der Waals surface area (Å²) in [5, 5.41) is 4.07. The first-order valence-corrected chi connectivity index (χ1v) is 9.18. The van der Waals surface area contributed by atoms with E-state index in [2.05, 4.69) is 20.3 Å². The Balaban J connectivity index is 0.00000121. The Morgan fingerprint density at radius 1 is 0.885 bits per heavy atom. The van der Waals surface area contributed by atoms with Crippen LogP contribution < -0.4 is 5.32 Å². The summed E-state index contributed by atoms with van der Waals surface area (Å²) in [5.41, 5.74) is 1.95. The summed E-state index contributed by atoms with van der Waals surface area (Å²) in [5.74, 6) is 1.16. The van der Waals surface area contributed by atoms with Crippen molar-refractivity contribution in [1.29, 1.82) is 0 Å². The lowest BCUT2D eigenvalue weighted by Crippen LogP contribution is -2.04. The summed E-state index contributed by atoms with van der Waals surface area (Å²) in [7, 11) is 0. The van der Waals surface area contributed by atoms with Crippen molar-refractivity contribution in [2.75, 3.05) is 5.32 Å². The van der Waals surface area contributed by atoms with Gasteiger partial charge in [0, 0.05) is 23.5 Å². The Morgan fingerprint density at radius 3 is 2.31 bits per heavy atom. The van der Waals surface area contributed by atoms with Crippen LogP contribution in [0.15, 0.2) is 42.9 Å². The zero-order valence-electron chi connectivity index (χ0n) is 14.2. The lowest BCUT2D eigenvalue weighted by Gasteiger charge is -2.20. The summed E-state index contributed by atoms with van der Waals surface area (Å²) >= 11 is 1.71. The minimum absolute atomic E-state index is 0. The normalized spacial score (nSPS) is 14.2. The van der Waals surface area contributed by atoms with Gasteiger partial charge >= 0.3 is 0 Å². The van der Waals surface area contributed by atoms with Crippen LogP contribution in [0.5, 0.6) is 0 Å². The van der Waals surface area contributed by atoms with E-state index in [9.17, 15) is 0 Å². The van der Waals surface area contributed by atoms with Crippen LogP contribution in [0.2, 0.25) is 0 Å². The van der Waals surface area contributed by atoms with Crippen LogP contribution in [-0.2, 0) is 0 Å². The number of pyridine rings is 1. The highest BCUT2D eigenvalue weighted by molar-refractivity contribution is 7.16. The van der Waals surface area contributed by atoms with E-state index in [0.717, 1.165) is 16.5 Å². The molecule has 3 aromatic rings. The van der Waals surface area contributed by atoms with Crippen LogP contribution >= 0.6 is 36.2 Å². The highest BCUT2D eigenvalue weighted by atomic mass is 35.5. The molecule has 0 atom stereocenters. The van der Waals surface area contributed by atoms with Crippen molar-refractivity contribution in [3.05, 3.63) is 47.7 Å². The molecule has 1 aliphatic carbocycles. The number of nitrogens with zero attached hydrogens (tertiary/aromatic N) is 4. The third-order valence-electron chi connectivity index (χ3n) is 4.32. The zero-order chi connectivity index (χ0) is 16.2. The highest BCUT2D eigenvalue weighted by Gasteiger charge is 2.24. The van der Waals surface area contributed by atoms with Crippen LogP contribution in [0.1, 0.15) is 42.9 Å². The minimum atomic E-state index is 0. The SMILES string of the molecule is Cl.Cl.c1ccc(-c2nc(Nc3ncccn3)sc2C2CCCCC2)nc1. The van der Waals surface area contributed by atoms with Crippen molar-refractivity contribution >= 4 is 47.2 Å². The van der Waals surface area contributed by atoms with E-state index < -0.39 is 0 Å². The first kappa shape index (κ1) is 20.6. The van der Waals surface area contributed by atoms with Gasteiger partial charge in [0.25, 0.3) is 0 Å². The van der Waals surface area contributed by atoms with E-state index >= 15 is 0 Å². The van der Waals surface area contributed by atoms with Gasteiger partial charge in [0.15, 0.2) is 5.13 Å². The Hall–Kier alpha value is -1.76. The van der Waals surface area contributed by atoms with E-state index in [1.165, 1.54) is 37.0 Å². The summed E-state index contributed by atoms with van der Waals surface area (Å²) in [6.45, 7) is 0. The Labute approximate surface area is 169 Å². The van der Waals surface area contributed by atoms with E-state index in [4.69, 9.17) is 4.98 Å². The first-order valence-electron chi connectivity index (χ1n) is 8.36. The van der Waals surface area contributed by atoms with Gasteiger partial charge < -0.3 is 5.32 Å². The predicted octanol–water partition coefficient (Wildman–Crippen LogP) is 5.63. The number of nitrogens with one attached hydrogen (secondary N) is 1. The second-order valence-electron chi connectivity index (χ2n) is 5.98. The van der Waals surface area contributed by atoms with Crippen molar-refractivity contribution in [3.8, 4) is 11.4 Å². The molecule has 1 N–H and O–H groups in total. The Morgan fingerprint density at radius 2 is 1.62 bits per heavy atom. The maximum Gasteiger partial charge on any atom is 0.228 e. The molecule has 0 spiro atoms. The third-order valence-corrected chi connectivity index (χ3v) is 5.45. The lowest BCUT2D eigenvalue weighted by molar-refractivity contribution is 0.448. The van der Waals surface area contributed by atoms with E-state index in [-0.39, 0.29) is 24.8 Å². The van der Waals surface area contributed by atoms with E-state index in [0.29, 0.717) is 11.9 Å². The van der Waals surface area contributed by atoms with Gasteiger partial charge in [-0.3, -0.25) is 4.98 Å². The number of anilines is 2. The van der Waals surface area contributed by atoms with Gasteiger partial charge in [-0.25, -0.2) is 15.0 Å². The number of hydrogen-bond acceptors (Lipinski definition) is 6. The van der Waals surface area contributed by atoms with Gasteiger partial charge in [-0.05, 0) is 37.0 Å². The van der Waals surface area contributed by atoms with Crippen LogP contribution in [0.25, 0.3) is 11.4 Å². The standard InChI is InChI=1S/C18H19N5S.2ClH/c1-2-7-13(8-3-1)16-15(14-9-4-5-10-19-14)22-18(24-16)23-17-20-11-6-12-21-17;;/h4-6,9-13H,1-3,7-8H2,(H,20,21,22,23);2*1H. The molecule has 0 saturated heterocycles. The number of aromatic nitrogens is 4. The molecule has 1 fully saturated rings. The number of halogens is 2. The van der Waals surface area contributed by atoms with Gasteiger partial charge in [-0.15, -0.1) is 36.2 Å². The molecule has 4 rings (SSSR count). The first-order chi connectivity index (χ1) is 11.9. The lowest BCUT2D eigenvalue weighted by atomic mass is 9.87. The smallest absolute Gasteiger partial charge is 0.228 e. The molecule has 1 saturated carbocycles. The summed E-state index contributed by atoms with van der Waals surface area (Å²) in [6.07, 6.45) is 11.7. The molecule has 0 aliphatic heterocycles. The summed E-state index contributed by atoms with van der Waals surface area (Å²) in [6, 6.07) is 7.79. The average molecular weight is 410 g/mol. The highest BCUT2D eigenvalue weighted by Crippen LogP contribution is 2.42. The average Bonchev–Trinajstić information content (AvgIpc) is 3.08. The molecular formula is C18H21Cl2N5S. The van der Waals surface area contributed by atoms with E-state index in [1.807, 2.05) is 24.4 Å². The molecule has 0 radical (unpaired) electrons. The fraction of sp³-hybridized carbons (Fsp3) is 0.333. The second kappa shape index (κ2) is 9.80. The predicted molar refractivity (Wildman–Crippen MR) is 111 cm³/mol. The Kier molecular flexibility index (Phi) is 7.75. The molecule has 3 aromatic heterocycles. The van der Waals surface area contributed by atoms with Crippen molar-refractivity contribution in [2.24, 2.45) is 0 Å². The quantitative estimate of drug-likeness (QED) is 0.604. The van der Waals surface area contributed by atoms with E-state index in [1.54, 1.807) is 29.8 Å². The molecule has 1 aliphatic rings. The van der Waals surface area contributed by atoms with Crippen LogP contribution in [-0.4, -0.2) is 19.9 Å². The molecule has 0 bridgehead atoms. The third kappa shape index (κ3) is 4.69. The molecule has 5 nitrogen and oxygen atoms in total. The fourth-order valence-corrected chi connectivity index (χ4v) is 4.31. The molecule has 0 unspecified atom stereocenters. The number of thiazole rings is 1. The topological polar surface area (TPSA) is 63.6 Å². The Bertz CT molecular complexity index is 792. The number of rotatable bonds is 4. The maximum absolute atomic E-state index is 4.82. The largest absolute Gasteiger partial charge is 0.300 e. The minimum Gasteiger partial charge on any atom is -0.300 e. The monoisotopic (exact) mass is 409 g/mol. The molecule has 0 aromatic carbocycles. The zero-order valence-corrected chi connectivity index (χ0v) is 16.6. The van der Waals surface area contributed by atoms with Gasteiger partial charge in [-0.1, -0.05) is 25.3 Å². The fourth-order valence-electron chi connectivity index (χ4n) is 3.17. The van der Waals surface area contributed by atoms with Crippen LogP contribution in [0.3, 0.4) is 0 Å². The van der Waals surface area contributed by atoms with Crippen molar-refractivity contribution in [1.82, 2.24) is 19.9 Å². The molecule has 8 heteroatoms. The van der Waals surface area contributed by atoms with Gasteiger partial charge in [-0.2, -0.15) is 0 Å². The second-order valence-corrected chi connectivity index (χ2v) is 7.01. The summed E-state index contributed by atoms with van der Waals surface area (Å²) < 4.78 is 0. The van der Waals surface area contributed by atoms with Crippen LogP contribution in [0.4, 0.5) is 11.1 Å². The molecule has 0 amide bonds. The van der Waals surface area contributed by atoms with Crippen molar-refractivity contribution in [2.45, 2.75) is 38.0 Å². The van der Waals surface area contributed by atoms with Crippen molar-refractivity contribution in [3.63, 3.8) is 0 Å². The molecular weight excluding hydrogens is 389 g/mol. The molecule has 138 valence electrons. The molecule has 26 heavy (non-hydrogen) atoms.